The monoisotopic (exact) mass is 308 g/mol. The van der Waals surface area contributed by atoms with Crippen molar-refractivity contribution in [1.82, 2.24) is 14.5 Å². The van der Waals surface area contributed by atoms with E-state index in [1.165, 1.54) is 17.1 Å². The van der Waals surface area contributed by atoms with Gasteiger partial charge in [-0.15, -0.1) is 0 Å². The molecule has 1 aliphatic rings. The maximum absolute atomic E-state index is 10.3. The highest BCUT2D eigenvalue weighted by molar-refractivity contribution is 5.83. The first-order valence-electron chi connectivity index (χ1n) is 7.31. The molecule has 8 heteroatoms. The van der Waals surface area contributed by atoms with Crippen molar-refractivity contribution in [3.8, 4) is 0 Å². The maximum atomic E-state index is 10.3. The zero-order chi connectivity index (χ0) is 15.9. The first kappa shape index (κ1) is 15.2. The smallest absolute Gasteiger partial charge is 0.165 e. The molecule has 5 atom stereocenters. The van der Waals surface area contributed by atoms with Gasteiger partial charge in [0.25, 0.3) is 0 Å². The lowest BCUT2D eigenvalue weighted by molar-refractivity contribution is -0.0854. The van der Waals surface area contributed by atoms with Crippen LogP contribution < -0.4 is 5.73 Å². The minimum atomic E-state index is -1.18. The molecule has 3 heterocycles. The van der Waals surface area contributed by atoms with Crippen molar-refractivity contribution >= 4 is 16.9 Å². The van der Waals surface area contributed by atoms with Gasteiger partial charge in [-0.2, -0.15) is 0 Å². The highest BCUT2D eigenvalue weighted by Gasteiger charge is 2.46. The Bertz CT molecular complexity index is 661. The van der Waals surface area contributed by atoms with Crippen LogP contribution in [0.5, 0.6) is 0 Å². The lowest BCUT2D eigenvalue weighted by Gasteiger charge is -2.20. The van der Waals surface area contributed by atoms with Gasteiger partial charge in [-0.1, -0.05) is 13.3 Å². The van der Waals surface area contributed by atoms with Crippen molar-refractivity contribution in [2.75, 3.05) is 5.73 Å². The molecule has 0 saturated carbocycles. The Labute approximate surface area is 127 Å². The van der Waals surface area contributed by atoms with E-state index in [1.54, 1.807) is 6.07 Å². The molecule has 0 unspecified atom stereocenters. The van der Waals surface area contributed by atoms with Gasteiger partial charge in [0.2, 0.25) is 0 Å². The third-order valence-corrected chi connectivity index (χ3v) is 4.01. The molecule has 2 aromatic heterocycles. The largest absolute Gasteiger partial charge is 0.397 e. The van der Waals surface area contributed by atoms with Gasteiger partial charge in [0, 0.05) is 6.20 Å². The van der Waals surface area contributed by atoms with Gasteiger partial charge >= 0.3 is 0 Å². The summed E-state index contributed by atoms with van der Waals surface area (Å²) in [6.45, 7) is 1.93. The van der Waals surface area contributed by atoms with E-state index in [0.29, 0.717) is 23.3 Å². The van der Waals surface area contributed by atoms with Crippen molar-refractivity contribution in [2.24, 2.45) is 0 Å². The number of nitrogens with two attached hydrogens (primary N) is 1. The zero-order valence-corrected chi connectivity index (χ0v) is 12.2. The van der Waals surface area contributed by atoms with Gasteiger partial charge < -0.3 is 25.8 Å². The lowest BCUT2D eigenvalue weighted by Crippen LogP contribution is -2.38. The van der Waals surface area contributed by atoms with Crippen LogP contribution in [0.4, 0.5) is 5.69 Å². The summed E-state index contributed by atoms with van der Waals surface area (Å²) in [5.41, 5.74) is 7.27. The molecule has 5 N–H and O–H groups in total. The number of fused-ring (bicyclic) bond motifs is 1. The van der Waals surface area contributed by atoms with Crippen LogP contribution in [0, 0.1) is 0 Å². The Balaban J connectivity index is 1.92. The fourth-order valence-electron chi connectivity index (χ4n) is 2.83. The number of rotatable bonds is 4. The Morgan fingerprint density at radius 2 is 2.14 bits per heavy atom. The van der Waals surface area contributed by atoms with Crippen LogP contribution in [0.25, 0.3) is 11.2 Å². The predicted molar refractivity (Wildman–Crippen MR) is 78.8 cm³/mol. The van der Waals surface area contributed by atoms with E-state index in [1.807, 2.05) is 6.92 Å². The summed E-state index contributed by atoms with van der Waals surface area (Å²) in [5.74, 6) is 0. The summed E-state index contributed by atoms with van der Waals surface area (Å²) >= 11 is 0. The third kappa shape index (κ3) is 2.34. The highest BCUT2D eigenvalue weighted by atomic mass is 16.6. The molecule has 0 aromatic carbocycles. The second-order valence-corrected chi connectivity index (χ2v) is 5.55. The normalized spacial score (nSPS) is 30.0. The SMILES string of the molecule is CCC[C@@H](O)[C@H]1O[C@@H](n2cnc3c(N)ccnc32)[C@H](O)[C@@H]1O. The number of imidazole rings is 1. The van der Waals surface area contributed by atoms with Crippen LogP contribution in [-0.2, 0) is 4.74 Å². The Morgan fingerprint density at radius 3 is 2.86 bits per heavy atom. The Morgan fingerprint density at radius 1 is 1.36 bits per heavy atom. The molecule has 120 valence electrons. The predicted octanol–water partition coefficient (Wildman–Crippen LogP) is -0.206. The Kier molecular flexibility index (Phi) is 4.00. The molecule has 1 fully saturated rings. The second-order valence-electron chi connectivity index (χ2n) is 5.55. The van der Waals surface area contributed by atoms with E-state index in [2.05, 4.69) is 9.97 Å². The molecular formula is C14H20N4O4. The van der Waals surface area contributed by atoms with Gasteiger partial charge in [-0.25, -0.2) is 9.97 Å². The average Bonchev–Trinajstić information content (AvgIpc) is 3.03. The minimum absolute atomic E-state index is 0.460. The van der Waals surface area contributed by atoms with Gasteiger partial charge in [-0.3, -0.25) is 4.57 Å². The van der Waals surface area contributed by atoms with E-state index < -0.39 is 30.6 Å². The summed E-state index contributed by atoms with van der Waals surface area (Å²) in [6.07, 6.45) is -0.684. The molecule has 1 saturated heterocycles. The maximum Gasteiger partial charge on any atom is 0.165 e. The quantitative estimate of drug-likeness (QED) is 0.615. The van der Waals surface area contributed by atoms with Crippen LogP contribution in [-0.4, -0.2) is 54.3 Å². The fraction of sp³-hybridized carbons (Fsp3) is 0.571. The van der Waals surface area contributed by atoms with E-state index in [4.69, 9.17) is 10.5 Å². The van der Waals surface area contributed by atoms with Gasteiger partial charge in [0.05, 0.1) is 18.1 Å². The molecular weight excluding hydrogens is 288 g/mol. The topological polar surface area (TPSA) is 127 Å². The van der Waals surface area contributed by atoms with Gasteiger partial charge in [-0.05, 0) is 12.5 Å². The minimum Gasteiger partial charge on any atom is -0.397 e. The number of pyridine rings is 1. The standard InChI is InChI=1S/C14H20N4O4/c1-2-3-8(19)12-10(20)11(21)14(22-12)18-6-17-9-7(15)4-5-16-13(9)18/h4-6,8,10-12,14,19-21H,2-3H2,1H3,(H2,15,16)/t8-,10+,11-,12-,14-/m1/s1. The van der Waals surface area contributed by atoms with Crippen LogP contribution in [0.3, 0.4) is 0 Å². The molecule has 1 aliphatic heterocycles. The van der Waals surface area contributed by atoms with E-state index in [-0.39, 0.29) is 0 Å². The molecule has 2 aromatic rings. The number of aromatic nitrogens is 3. The molecule has 0 radical (unpaired) electrons. The molecule has 22 heavy (non-hydrogen) atoms. The number of nitrogens with zero attached hydrogens (tertiary/aromatic N) is 3. The molecule has 0 aliphatic carbocycles. The molecule has 0 spiro atoms. The van der Waals surface area contributed by atoms with Crippen molar-refractivity contribution < 1.29 is 20.1 Å². The van der Waals surface area contributed by atoms with Crippen molar-refractivity contribution in [2.45, 2.75) is 50.4 Å². The number of aliphatic hydroxyl groups is 3. The number of hydrogen-bond acceptors (Lipinski definition) is 7. The van der Waals surface area contributed by atoms with Crippen molar-refractivity contribution in [3.63, 3.8) is 0 Å². The Hall–Kier alpha value is -1.74. The zero-order valence-electron chi connectivity index (χ0n) is 12.2. The highest BCUT2D eigenvalue weighted by Crippen LogP contribution is 2.34. The van der Waals surface area contributed by atoms with E-state index >= 15 is 0 Å². The van der Waals surface area contributed by atoms with E-state index in [0.717, 1.165) is 6.42 Å². The number of anilines is 1. The summed E-state index contributed by atoms with van der Waals surface area (Å²) in [4.78, 5) is 8.37. The fourth-order valence-corrected chi connectivity index (χ4v) is 2.83. The number of aliphatic hydroxyl groups excluding tert-OH is 3. The summed E-state index contributed by atoms with van der Waals surface area (Å²) in [5, 5.41) is 30.4. The third-order valence-electron chi connectivity index (χ3n) is 4.01. The number of hydrogen-bond donors (Lipinski definition) is 4. The van der Waals surface area contributed by atoms with Crippen LogP contribution in [0.2, 0.25) is 0 Å². The van der Waals surface area contributed by atoms with Crippen LogP contribution >= 0.6 is 0 Å². The van der Waals surface area contributed by atoms with E-state index in [9.17, 15) is 15.3 Å². The first-order valence-corrected chi connectivity index (χ1v) is 7.31. The lowest BCUT2D eigenvalue weighted by atomic mass is 10.0. The van der Waals surface area contributed by atoms with Gasteiger partial charge in [0.15, 0.2) is 11.9 Å². The second kappa shape index (κ2) is 5.81. The summed E-state index contributed by atoms with van der Waals surface area (Å²) in [7, 11) is 0. The first-order chi connectivity index (χ1) is 10.5. The molecule has 3 rings (SSSR count). The molecule has 8 nitrogen and oxygen atoms in total. The van der Waals surface area contributed by atoms with Crippen LogP contribution in [0.15, 0.2) is 18.6 Å². The number of nitrogen functional groups attached to an aromatic ring is 1. The molecule has 0 amide bonds. The van der Waals surface area contributed by atoms with Crippen molar-refractivity contribution in [1.29, 1.82) is 0 Å². The van der Waals surface area contributed by atoms with Gasteiger partial charge in [0.1, 0.15) is 23.8 Å². The average molecular weight is 308 g/mol. The summed E-state index contributed by atoms with van der Waals surface area (Å²) in [6, 6.07) is 1.63. The summed E-state index contributed by atoms with van der Waals surface area (Å²) < 4.78 is 7.21. The van der Waals surface area contributed by atoms with Crippen molar-refractivity contribution in [3.05, 3.63) is 18.6 Å². The number of ether oxygens (including phenoxy) is 1. The van der Waals surface area contributed by atoms with Crippen LogP contribution in [0.1, 0.15) is 26.0 Å². The molecule has 0 bridgehead atoms.